The molecule has 0 radical (unpaired) electrons. The zero-order valence-electron chi connectivity index (χ0n) is 12.8. The molecule has 5 nitrogen and oxygen atoms in total. The first-order valence-electron chi connectivity index (χ1n) is 7.31. The fourth-order valence-electron chi connectivity index (χ4n) is 2.20. The molecule has 0 aliphatic carbocycles. The summed E-state index contributed by atoms with van der Waals surface area (Å²) in [6.45, 7) is 5.53. The molecule has 0 saturated carbocycles. The van der Waals surface area contributed by atoms with E-state index in [4.69, 9.17) is 0 Å². The van der Waals surface area contributed by atoms with E-state index in [0.717, 1.165) is 19.3 Å². The lowest BCUT2D eigenvalue weighted by atomic mass is 9.92. The van der Waals surface area contributed by atoms with Gasteiger partial charge in [-0.3, -0.25) is 0 Å². The van der Waals surface area contributed by atoms with Crippen molar-refractivity contribution in [3.05, 3.63) is 35.9 Å². The van der Waals surface area contributed by atoms with Gasteiger partial charge in [0.05, 0.1) is 0 Å². The highest BCUT2D eigenvalue weighted by Crippen LogP contribution is 2.20. The summed E-state index contributed by atoms with van der Waals surface area (Å²) in [5.74, 6) is -1.09. The number of hydrogen-bond donors (Lipinski definition) is 3. The van der Waals surface area contributed by atoms with Crippen molar-refractivity contribution in [1.82, 2.24) is 10.6 Å². The minimum absolute atomic E-state index is 0.0591. The summed E-state index contributed by atoms with van der Waals surface area (Å²) < 4.78 is 0. The molecule has 1 aromatic rings. The van der Waals surface area contributed by atoms with Crippen LogP contribution in [0.2, 0.25) is 0 Å². The van der Waals surface area contributed by atoms with Gasteiger partial charge in [0.2, 0.25) is 0 Å². The molecule has 5 heteroatoms. The predicted molar refractivity (Wildman–Crippen MR) is 82.1 cm³/mol. The first-order chi connectivity index (χ1) is 9.93. The van der Waals surface area contributed by atoms with E-state index in [0.29, 0.717) is 5.56 Å². The van der Waals surface area contributed by atoms with Gasteiger partial charge in [-0.25, -0.2) is 9.59 Å². The molecule has 0 aromatic heterocycles. The number of carbonyl (C=O) groups is 2. The van der Waals surface area contributed by atoms with Crippen molar-refractivity contribution in [3.63, 3.8) is 0 Å². The zero-order chi connectivity index (χ0) is 15.9. The van der Waals surface area contributed by atoms with Gasteiger partial charge in [-0.2, -0.15) is 0 Å². The molecule has 3 N–H and O–H groups in total. The lowest BCUT2D eigenvalue weighted by Crippen LogP contribution is -2.54. The minimum atomic E-state index is -1.45. The Labute approximate surface area is 125 Å². The van der Waals surface area contributed by atoms with Crippen LogP contribution in [-0.4, -0.2) is 23.1 Å². The largest absolute Gasteiger partial charge is 0.479 e. The predicted octanol–water partition coefficient (Wildman–Crippen LogP) is 2.86. The quantitative estimate of drug-likeness (QED) is 0.723. The molecule has 116 valence electrons. The Morgan fingerprint density at radius 3 is 2.33 bits per heavy atom. The molecule has 0 spiro atoms. The van der Waals surface area contributed by atoms with Crippen molar-refractivity contribution in [3.8, 4) is 0 Å². The zero-order valence-corrected chi connectivity index (χ0v) is 12.8. The normalized spacial score (nSPS) is 14.8. The van der Waals surface area contributed by atoms with Gasteiger partial charge in [0.25, 0.3) is 0 Å². The number of benzene rings is 1. The Hall–Kier alpha value is -2.04. The van der Waals surface area contributed by atoms with Crippen molar-refractivity contribution < 1.29 is 14.7 Å². The summed E-state index contributed by atoms with van der Waals surface area (Å²) in [6.07, 6.45) is 2.66. The van der Waals surface area contributed by atoms with Crippen LogP contribution in [0.5, 0.6) is 0 Å². The minimum Gasteiger partial charge on any atom is -0.479 e. The Morgan fingerprint density at radius 1 is 1.24 bits per heavy atom. The molecule has 0 fully saturated rings. The van der Waals surface area contributed by atoms with Crippen LogP contribution in [0.4, 0.5) is 4.79 Å². The smallest absolute Gasteiger partial charge is 0.333 e. The number of rotatable bonds is 7. The van der Waals surface area contributed by atoms with E-state index in [2.05, 4.69) is 10.6 Å². The van der Waals surface area contributed by atoms with Crippen LogP contribution in [0.3, 0.4) is 0 Å². The standard InChI is InChI=1S/C16H24N2O3/c1-4-9-13(5-2)17-15(21)18-16(3,14(19)20)12-10-7-6-8-11-12/h6-8,10-11,13H,4-5,9H2,1-3H3,(H,19,20)(H2,17,18,21). The maximum atomic E-state index is 12.1. The van der Waals surface area contributed by atoms with E-state index < -0.39 is 17.5 Å². The molecular formula is C16H24N2O3. The lowest BCUT2D eigenvalue weighted by molar-refractivity contribution is -0.144. The number of carboxylic acid groups (broad SMARTS) is 1. The average molecular weight is 292 g/mol. The summed E-state index contributed by atoms with van der Waals surface area (Å²) in [6, 6.07) is 8.30. The molecule has 0 aliphatic heterocycles. The highest BCUT2D eigenvalue weighted by atomic mass is 16.4. The SMILES string of the molecule is CCCC(CC)NC(=O)NC(C)(C(=O)O)c1ccccc1. The summed E-state index contributed by atoms with van der Waals surface area (Å²) in [5, 5.41) is 14.9. The maximum Gasteiger partial charge on any atom is 0.333 e. The lowest BCUT2D eigenvalue weighted by Gasteiger charge is -2.28. The Bertz CT molecular complexity index is 476. The van der Waals surface area contributed by atoms with Gasteiger partial charge in [-0.15, -0.1) is 0 Å². The van der Waals surface area contributed by atoms with Crippen molar-refractivity contribution >= 4 is 12.0 Å². The van der Waals surface area contributed by atoms with Crippen LogP contribution in [0.25, 0.3) is 0 Å². The van der Waals surface area contributed by atoms with Crippen LogP contribution >= 0.6 is 0 Å². The number of hydrogen-bond acceptors (Lipinski definition) is 2. The molecule has 0 bridgehead atoms. The average Bonchev–Trinajstić information content (AvgIpc) is 2.47. The molecule has 21 heavy (non-hydrogen) atoms. The first-order valence-corrected chi connectivity index (χ1v) is 7.31. The van der Waals surface area contributed by atoms with E-state index in [1.165, 1.54) is 6.92 Å². The monoisotopic (exact) mass is 292 g/mol. The van der Waals surface area contributed by atoms with Gasteiger partial charge in [-0.1, -0.05) is 50.6 Å². The highest BCUT2D eigenvalue weighted by Gasteiger charge is 2.37. The van der Waals surface area contributed by atoms with Crippen LogP contribution in [0, 0.1) is 0 Å². The second-order valence-corrected chi connectivity index (χ2v) is 5.29. The van der Waals surface area contributed by atoms with Crippen molar-refractivity contribution in [2.45, 2.75) is 51.6 Å². The summed E-state index contributed by atoms with van der Waals surface area (Å²) in [5.41, 5.74) is -0.910. The molecule has 0 saturated heterocycles. The Kier molecular flexibility index (Phi) is 6.21. The maximum absolute atomic E-state index is 12.1. The fourth-order valence-corrected chi connectivity index (χ4v) is 2.20. The van der Waals surface area contributed by atoms with Gasteiger partial charge in [0.1, 0.15) is 0 Å². The molecule has 0 heterocycles. The topological polar surface area (TPSA) is 78.4 Å². The van der Waals surface area contributed by atoms with Gasteiger partial charge < -0.3 is 15.7 Å². The van der Waals surface area contributed by atoms with E-state index in [1.807, 2.05) is 13.8 Å². The molecule has 2 amide bonds. The molecule has 1 aromatic carbocycles. The van der Waals surface area contributed by atoms with Gasteiger partial charge in [0, 0.05) is 6.04 Å². The summed E-state index contributed by atoms with van der Waals surface area (Å²) in [4.78, 5) is 23.7. The third-order valence-electron chi connectivity index (χ3n) is 3.61. The van der Waals surface area contributed by atoms with Gasteiger partial charge in [0.15, 0.2) is 5.54 Å². The second kappa shape index (κ2) is 7.67. The molecule has 2 atom stereocenters. The summed E-state index contributed by atoms with van der Waals surface area (Å²) in [7, 11) is 0. The van der Waals surface area contributed by atoms with Crippen molar-refractivity contribution in [2.75, 3.05) is 0 Å². The number of carboxylic acids is 1. The van der Waals surface area contributed by atoms with Gasteiger partial charge in [-0.05, 0) is 25.3 Å². The Morgan fingerprint density at radius 2 is 1.86 bits per heavy atom. The van der Waals surface area contributed by atoms with E-state index in [1.54, 1.807) is 30.3 Å². The van der Waals surface area contributed by atoms with Crippen LogP contribution in [0.1, 0.15) is 45.6 Å². The van der Waals surface area contributed by atoms with Crippen molar-refractivity contribution in [1.29, 1.82) is 0 Å². The van der Waals surface area contributed by atoms with Crippen LogP contribution < -0.4 is 10.6 Å². The first kappa shape index (κ1) is 17.0. The summed E-state index contributed by atoms with van der Waals surface area (Å²) >= 11 is 0. The highest BCUT2D eigenvalue weighted by molar-refractivity contribution is 5.87. The van der Waals surface area contributed by atoms with Crippen LogP contribution in [-0.2, 0) is 10.3 Å². The number of aliphatic carboxylic acids is 1. The fraction of sp³-hybridized carbons (Fsp3) is 0.500. The van der Waals surface area contributed by atoms with Crippen LogP contribution in [0.15, 0.2) is 30.3 Å². The molecule has 2 unspecified atom stereocenters. The third-order valence-corrected chi connectivity index (χ3v) is 3.61. The number of amides is 2. The van der Waals surface area contributed by atoms with Crippen molar-refractivity contribution in [2.24, 2.45) is 0 Å². The van der Waals surface area contributed by atoms with E-state index >= 15 is 0 Å². The third kappa shape index (κ3) is 4.48. The molecule has 0 aliphatic rings. The Balaban J connectivity index is 2.84. The number of carbonyl (C=O) groups excluding carboxylic acids is 1. The number of urea groups is 1. The number of nitrogens with one attached hydrogen (secondary N) is 2. The molecular weight excluding hydrogens is 268 g/mol. The van der Waals surface area contributed by atoms with Gasteiger partial charge >= 0.3 is 12.0 Å². The van der Waals surface area contributed by atoms with E-state index in [9.17, 15) is 14.7 Å². The van der Waals surface area contributed by atoms with E-state index in [-0.39, 0.29) is 6.04 Å². The second-order valence-electron chi connectivity index (χ2n) is 5.29. The molecule has 1 rings (SSSR count).